The van der Waals surface area contributed by atoms with Crippen LogP contribution >= 0.6 is 0 Å². The fourth-order valence-corrected chi connectivity index (χ4v) is 2.48. The summed E-state index contributed by atoms with van der Waals surface area (Å²) in [5.41, 5.74) is 2.62. The van der Waals surface area contributed by atoms with E-state index in [-0.39, 0.29) is 5.54 Å². The van der Waals surface area contributed by atoms with Gasteiger partial charge in [-0.25, -0.2) is 0 Å². The quantitative estimate of drug-likeness (QED) is 0.871. The smallest absolute Gasteiger partial charge is 0.320 e. The number of aliphatic carboxylic acids is 1. The van der Waals surface area contributed by atoms with Crippen LogP contribution in [0.3, 0.4) is 0 Å². The number of carboxylic acid groups (broad SMARTS) is 1. The molecule has 1 atom stereocenters. The third-order valence-corrected chi connectivity index (χ3v) is 4.26. The van der Waals surface area contributed by atoms with Gasteiger partial charge in [0.05, 0.1) is 18.3 Å². The van der Waals surface area contributed by atoms with Crippen molar-refractivity contribution in [3.05, 3.63) is 36.0 Å². The lowest BCUT2D eigenvalue weighted by atomic mass is 10.1. The van der Waals surface area contributed by atoms with Gasteiger partial charge in [-0.2, -0.15) is 5.10 Å². The lowest BCUT2D eigenvalue weighted by Crippen LogP contribution is -2.35. The van der Waals surface area contributed by atoms with Crippen LogP contribution in [-0.4, -0.2) is 46.0 Å². The zero-order valence-electron chi connectivity index (χ0n) is 15.8. The molecular formula is C19H27N3O3. The zero-order valence-corrected chi connectivity index (χ0v) is 15.8. The van der Waals surface area contributed by atoms with Gasteiger partial charge in [0.1, 0.15) is 11.8 Å². The number of hydrogen-bond acceptors (Lipinski definition) is 4. The second-order valence-corrected chi connectivity index (χ2v) is 7.28. The molecule has 2 aromatic rings. The summed E-state index contributed by atoms with van der Waals surface area (Å²) in [6, 6.07) is 7.18. The molecule has 0 saturated carbocycles. The van der Waals surface area contributed by atoms with Gasteiger partial charge in [0.15, 0.2) is 0 Å². The van der Waals surface area contributed by atoms with Gasteiger partial charge in [-0.3, -0.25) is 14.4 Å². The maximum Gasteiger partial charge on any atom is 0.320 e. The van der Waals surface area contributed by atoms with Crippen molar-refractivity contribution >= 4 is 5.97 Å². The topological polar surface area (TPSA) is 67.6 Å². The molecule has 0 radical (unpaired) electrons. The number of nitrogens with zero attached hydrogens (tertiary/aromatic N) is 3. The molecule has 0 fully saturated rings. The van der Waals surface area contributed by atoms with Crippen molar-refractivity contribution in [2.45, 2.75) is 45.8 Å². The summed E-state index contributed by atoms with van der Waals surface area (Å²) in [5.74, 6) is -0.0744. The van der Waals surface area contributed by atoms with Gasteiger partial charge >= 0.3 is 5.97 Å². The second kappa shape index (κ2) is 7.27. The van der Waals surface area contributed by atoms with Crippen LogP contribution in [0.25, 0.3) is 11.3 Å². The van der Waals surface area contributed by atoms with E-state index in [0.717, 1.165) is 22.6 Å². The van der Waals surface area contributed by atoms with Gasteiger partial charge in [0.25, 0.3) is 0 Å². The van der Waals surface area contributed by atoms with E-state index in [0.29, 0.717) is 6.54 Å². The molecule has 1 aromatic carbocycles. The van der Waals surface area contributed by atoms with Crippen molar-refractivity contribution in [1.29, 1.82) is 0 Å². The van der Waals surface area contributed by atoms with Crippen LogP contribution in [-0.2, 0) is 16.9 Å². The summed E-state index contributed by atoms with van der Waals surface area (Å²) >= 11 is 0. The maximum atomic E-state index is 11.3. The van der Waals surface area contributed by atoms with Gasteiger partial charge in [0, 0.05) is 23.9 Å². The highest BCUT2D eigenvalue weighted by Crippen LogP contribution is 2.28. The number of carboxylic acids is 1. The first-order valence-electron chi connectivity index (χ1n) is 8.30. The molecule has 25 heavy (non-hydrogen) atoms. The Kier molecular flexibility index (Phi) is 5.52. The molecule has 0 spiro atoms. The molecule has 0 bridgehead atoms. The van der Waals surface area contributed by atoms with Crippen molar-refractivity contribution in [2.24, 2.45) is 0 Å². The molecule has 6 heteroatoms. The van der Waals surface area contributed by atoms with Crippen LogP contribution < -0.4 is 4.74 Å². The Hall–Kier alpha value is -2.34. The number of rotatable bonds is 6. The van der Waals surface area contributed by atoms with Crippen molar-refractivity contribution in [3.63, 3.8) is 0 Å². The molecule has 0 amide bonds. The molecule has 136 valence electrons. The lowest BCUT2D eigenvalue weighted by molar-refractivity contribution is -0.142. The van der Waals surface area contributed by atoms with Gasteiger partial charge < -0.3 is 9.84 Å². The second-order valence-electron chi connectivity index (χ2n) is 7.28. The first-order valence-corrected chi connectivity index (χ1v) is 8.30. The summed E-state index contributed by atoms with van der Waals surface area (Å²) in [6.07, 6.45) is 2.00. The van der Waals surface area contributed by atoms with E-state index in [4.69, 9.17) is 9.84 Å². The highest BCUT2D eigenvalue weighted by atomic mass is 16.5. The van der Waals surface area contributed by atoms with Gasteiger partial charge in [-0.05, 0) is 46.9 Å². The summed E-state index contributed by atoms with van der Waals surface area (Å²) < 4.78 is 7.25. The number of methoxy groups -OCH3 is 1. The van der Waals surface area contributed by atoms with Crippen LogP contribution in [0.4, 0.5) is 0 Å². The fourth-order valence-electron chi connectivity index (χ4n) is 2.48. The van der Waals surface area contributed by atoms with Crippen LogP contribution in [0.15, 0.2) is 30.5 Å². The maximum absolute atomic E-state index is 11.3. The number of aromatic nitrogens is 2. The molecular weight excluding hydrogens is 318 g/mol. The molecule has 0 aliphatic rings. The lowest BCUT2D eigenvalue weighted by Gasteiger charge is -2.21. The normalized spacial score (nSPS) is 13.1. The fraction of sp³-hybridized carbons (Fsp3) is 0.474. The Morgan fingerprint density at radius 3 is 2.64 bits per heavy atom. The van der Waals surface area contributed by atoms with E-state index in [1.807, 2.05) is 42.2 Å². The molecule has 2 rings (SSSR count). The van der Waals surface area contributed by atoms with Gasteiger partial charge in [-0.1, -0.05) is 12.1 Å². The summed E-state index contributed by atoms with van der Waals surface area (Å²) in [5, 5.41) is 14.0. The minimum Gasteiger partial charge on any atom is -0.497 e. The minimum absolute atomic E-state index is 0.164. The average Bonchev–Trinajstić information content (AvgIpc) is 2.98. The van der Waals surface area contributed by atoms with E-state index in [1.165, 1.54) is 0 Å². The van der Waals surface area contributed by atoms with Crippen LogP contribution in [0.1, 0.15) is 33.3 Å². The van der Waals surface area contributed by atoms with Crippen LogP contribution in [0, 0.1) is 0 Å². The van der Waals surface area contributed by atoms with Crippen molar-refractivity contribution < 1.29 is 14.6 Å². The van der Waals surface area contributed by atoms with E-state index in [9.17, 15) is 9.90 Å². The molecule has 0 aliphatic heterocycles. The zero-order chi connectivity index (χ0) is 18.8. The third kappa shape index (κ3) is 4.39. The molecule has 1 aromatic heterocycles. The van der Waals surface area contributed by atoms with Gasteiger partial charge in [-0.15, -0.1) is 0 Å². The summed E-state index contributed by atoms with van der Waals surface area (Å²) in [7, 11) is 3.44. The van der Waals surface area contributed by atoms with Crippen molar-refractivity contribution in [2.75, 3.05) is 14.2 Å². The van der Waals surface area contributed by atoms with Gasteiger partial charge in [0.2, 0.25) is 0 Å². The highest BCUT2D eigenvalue weighted by molar-refractivity contribution is 5.73. The largest absolute Gasteiger partial charge is 0.497 e. The predicted molar refractivity (Wildman–Crippen MR) is 97.8 cm³/mol. The van der Waals surface area contributed by atoms with Crippen LogP contribution in [0.5, 0.6) is 5.75 Å². The first-order chi connectivity index (χ1) is 11.6. The van der Waals surface area contributed by atoms with E-state index < -0.39 is 12.0 Å². The Bertz CT molecular complexity index is 747. The van der Waals surface area contributed by atoms with E-state index in [2.05, 4.69) is 20.8 Å². The van der Waals surface area contributed by atoms with E-state index >= 15 is 0 Å². The highest BCUT2D eigenvalue weighted by Gasteiger charge is 2.23. The Balaban J connectivity index is 2.46. The summed E-state index contributed by atoms with van der Waals surface area (Å²) in [6.45, 7) is 8.44. The molecule has 1 N–H and O–H groups in total. The monoisotopic (exact) mass is 345 g/mol. The van der Waals surface area contributed by atoms with E-state index in [1.54, 1.807) is 18.9 Å². The number of likely N-dealkylation sites (N-methyl/N-ethyl adjacent to an activating group) is 1. The first kappa shape index (κ1) is 19.0. The minimum atomic E-state index is -0.839. The molecule has 0 saturated heterocycles. The number of benzene rings is 1. The third-order valence-electron chi connectivity index (χ3n) is 4.26. The Labute approximate surface area is 149 Å². The molecule has 0 aliphatic carbocycles. The van der Waals surface area contributed by atoms with Crippen molar-refractivity contribution in [1.82, 2.24) is 14.7 Å². The summed E-state index contributed by atoms with van der Waals surface area (Å²) in [4.78, 5) is 13.1. The number of carbonyl (C=O) groups is 1. The standard InChI is InChI=1S/C19H27N3O3/c1-13(18(23)24)21(5)11-15-12-22(19(2,3)4)20-17(15)14-8-7-9-16(10-14)25-6/h7-10,12-13H,11H2,1-6H3,(H,23,24). The Morgan fingerprint density at radius 1 is 1.40 bits per heavy atom. The average molecular weight is 345 g/mol. The molecule has 1 heterocycles. The number of hydrogen-bond donors (Lipinski definition) is 1. The number of ether oxygens (including phenoxy) is 1. The molecule has 6 nitrogen and oxygen atoms in total. The van der Waals surface area contributed by atoms with Crippen molar-refractivity contribution in [3.8, 4) is 17.0 Å². The van der Waals surface area contributed by atoms with Crippen LogP contribution in [0.2, 0.25) is 0 Å². The SMILES string of the molecule is COc1cccc(-c2nn(C(C)(C)C)cc2CN(C)C(C)C(=O)O)c1. The molecule has 1 unspecified atom stereocenters. The Morgan fingerprint density at radius 2 is 2.08 bits per heavy atom. The predicted octanol–water partition coefficient (Wildman–Crippen LogP) is 3.22.